The van der Waals surface area contributed by atoms with Gasteiger partial charge in [-0.3, -0.25) is 4.79 Å². The summed E-state index contributed by atoms with van der Waals surface area (Å²) in [5.74, 6) is 0.580. The van der Waals surface area contributed by atoms with Gasteiger partial charge in [0.15, 0.2) is 5.78 Å². The SMILES string of the molecule is CCCCOc1ccc([C@H](CC(=O)c2ccc(C(C)(C)C)cc2)Nc2ccc(F)cc2)cc1. The van der Waals surface area contributed by atoms with Gasteiger partial charge in [-0.05, 0) is 59.4 Å². The van der Waals surface area contributed by atoms with Crippen molar-refractivity contribution in [1.82, 2.24) is 0 Å². The van der Waals surface area contributed by atoms with E-state index in [0.29, 0.717) is 12.2 Å². The minimum Gasteiger partial charge on any atom is -0.494 e. The van der Waals surface area contributed by atoms with E-state index in [1.165, 1.54) is 17.7 Å². The topological polar surface area (TPSA) is 38.3 Å². The van der Waals surface area contributed by atoms with E-state index in [1.54, 1.807) is 12.1 Å². The third kappa shape index (κ3) is 7.18. The lowest BCUT2D eigenvalue weighted by Gasteiger charge is -2.21. The summed E-state index contributed by atoms with van der Waals surface area (Å²) in [5.41, 5.74) is 3.66. The molecule has 4 heteroatoms. The second-order valence-corrected chi connectivity index (χ2v) is 9.43. The molecule has 0 aromatic heterocycles. The second kappa shape index (κ2) is 11.1. The van der Waals surface area contributed by atoms with Crippen LogP contribution in [0.5, 0.6) is 5.75 Å². The normalized spacial score (nSPS) is 12.3. The van der Waals surface area contributed by atoms with Gasteiger partial charge in [0.1, 0.15) is 11.6 Å². The van der Waals surface area contributed by atoms with Crippen molar-refractivity contribution in [2.75, 3.05) is 11.9 Å². The highest BCUT2D eigenvalue weighted by Gasteiger charge is 2.19. The van der Waals surface area contributed by atoms with Crippen LogP contribution in [0, 0.1) is 5.82 Å². The number of unbranched alkanes of at least 4 members (excludes halogenated alkanes) is 1. The largest absolute Gasteiger partial charge is 0.494 e. The first kappa shape index (κ1) is 24.5. The minimum atomic E-state index is -0.291. The molecule has 0 radical (unpaired) electrons. The fraction of sp³-hybridized carbons (Fsp3) is 0.345. The van der Waals surface area contributed by atoms with Crippen LogP contribution in [0.1, 0.15) is 74.5 Å². The van der Waals surface area contributed by atoms with E-state index in [0.717, 1.165) is 29.8 Å². The Bertz CT molecular complexity index is 1020. The fourth-order valence-electron chi connectivity index (χ4n) is 3.59. The Morgan fingerprint density at radius 3 is 2.15 bits per heavy atom. The van der Waals surface area contributed by atoms with E-state index in [9.17, 15) is 9.18 Å². The summed E-state index contributed by atoms with van der Waals surface area (Å²) in [6.07, 6.45) is 2.38. The van der Waals surface area contributed by atoms with Crippen molar-refractivity contribution in [3.8, 4) is 5.75 Å². The van der Waals surface area contributed by atoms with Crippen LogP contribution in [-0.4, -0.2) is 12.4 Å². The van der Waals surface area contributed by atoms with Crippen molar-refractivity contribution in [3.05, 3.63) is 95.3 Å². The van der Waals surface area contributed by atoms with Gasteiger partial charge >= 0.3 is 0 Å². The number of nitrogens with one attached hydrogen (secondary N) is 1. The summed E-state index contributed by atoms with van der Waals surface area (Å²) in [6.45, 7) is 9.29. The number of benzene rings is 3. The molecule has 174 valence electrons. The Labute approximate surface area is 197 Å². The molecule has 0 saturated carbocycles. The molecule has 1 N–H and O–H groups in total. The summed E-state index contributed by atoms with van der Waals surface area (Å²) >= 11 is 0. The van der Waals surface area contributed by atoms with Gasteiger partial charge in [-0.15, -0.1) is 0 Å². The van der Waals surface area contributed by atoms with Crippen molar-refractivity contribution in [1.29, 1.82) is 0 Å². The molecule has 0 aliphatic heterocycles. The first-order valence-corrected chi connectivity index (χ1v) is 11.6. The molecule has 0 amide bonds. The molecule has 0 aliphatic carbocycles. The van der Waals surface area contributed by atoms with Gasteiger partial charge in [0.2, 0.25) is 0 Å². The second-order valence-electron chi connectivity index (χ2n) is 9.43. The average molecular weight is 448 g/mol. The first-order chi connectivity index (χ1) is 15.8. The van der Waals surface area contributed by atoms with E-state index < -0.39 is 0 Å². The molecule has 0 spiro atoms. The number of ether oxygens (including phenoxy) is 1. The van der Waals surface area contributed by atoms with Crippen LogP contribution < -0.4 is 10.1 Å². The summed E-state index contributed by atoms with van der Waals surface area (Å²) in [6, 6.07) is 21.7. The van der Waals surface area contributed by atoms with Gasteiger partial charge in [-0.25, -0.2) is 4.39 Å². The van der Waals surface area contributed by atoms with Gasteiger partial charge in [0.25, 0.3) is 0 Å². The fourth-order valence-corrected chi connectivity index (χ4v) is 3.59. The summed E-state index contributed by atoms with van der Waals surface area (Å²) < 4.78 is 19.1. The zero-order valence-corrected chi connectivity index (χ0v) is 20.0. The minimum absolute atomic E-state index is 0.0369. The first-order valence-electron chi connectivity index (χ1n) is 11.6. The van der Waals surface area contributed by atoms with Gasteiger partial charge in [0.05, 0.1) is 12.6 Å². The number of ketones is 1. The molecule has 0 bridgehead atoms. The maximum Gasteiger partial charge on any atom is 0.165 e. The van der Waals surface area contributed by atoms with Gasteiger partial charge in [-0.2, -0.15) is 0 Å². The molecule has 0 fully saturated rings. The van der Waals surface area contributed by atoms with E-state index in [2.05, 4.69) is 33.0 Å². The average Bonchev–Trinajstić information content (AvgIpc) is 2.80. The number of anilines is 1. The number of carbonyl (C=O) groups is 1. The quantitative estimate of drug-likeness (QED) is 0.255. The lowest BCUT2D eigenvalue weighted by molar-refractivity contribution is 0.0976. The van der Waals surface area contributed by atoms with Crippen molar-refractivity contribution >= 4 is 11.5 Å². The Morgan fingerprint density at radius 2 is 1.58 bits per heavy atom. The molecule has 33 heavy (non-hydrogen) atoms. The number of hydrogen-bond acceptors (Lipinski definition) is 3. The predicted molar refractivity (Wildman–Crippen MR) is 134 cm³/mol. The molecule has 3 aromatic rings. The standard InChI is InChI=1S/C29H34FNO2/c1-5-6-19-33-26-17-9-21(10-18-26)27(31-25-15-13-24(30)14-16-25)20-28(32)22-7-11-23(12-8-22)29(2,3)4/h7-18,27,31H,5-6,19-20H2,1-4H3/t27-/m0/s1. The molecule has 1 atom stereocenters. The maximum atomic E-state index is 13.4. The predicted octanol–water partition coefficient (Wildman–Crippen LogP) is 7.73. The van der Waals surface area contributed by atoms with Gasteiger partial charge in [-0.1, -0.05) is 70.5 Å². The van der Waals surface area contributed by atoms with Crippen LogP contribution in [0.25, 0.3) is 0 Å². The van der Waals surface area contributed by atoms with Crippen LogP contribution in [0.2, 0.25) is 0 Å². The Balaban J connectivity index is 1.79. The molecule has 3 rings (SSSR count). The summed E-state index contributed by atoms with van der Waals surface area (Å²) in [4.78, 5) is 13.2. The van der Waals surface area contributed by atoms with Crippen LogP contribution in [0.15, 0.2) is 72.8 Å². The Morgan fingerprint density at radius 1 is 0.939 bits per heavy atom. The van der Waals surface area contributed by atoms with E-state index >= 15 is 0 Å². The lowest BCUT2D eigenvalue weighted by Crippen LogP contribution is -2.16. The van der Waals surface area contributed by atoms with Gasteiger partial charge in [0, 0.05) is 17.7 Å². The number of halogens is 1. The molecule has 3 aromatic carbocycles. The molecule has 0 heterocycles. The summed E-state index contributed by atoms with van der Waals surface area (Å²) in [7, 11) is 0. The Hall–Kier alpha value is -3.14. The van der Waals surface area contributed by atoms with Crippen LogP contribution in [0.3, 0.4) is 0 Å². The number of carbonyl (C=O) groups excluding carboxylic acids is 1. The number of hydrogen-bond donors (Lipinski definition) is 1. The highest BCUT2D eigenvalue weighted by atomic mass is 19.1. The number of rotatable bonds is 10. The van der Waals surface area contributed by atoms with E-state index in [-0.39, 0.29) is 29.5 Å². The Kier molecular flexibility index (Phi) is 8.26. The maximum absolute atomic E-state index is 13.4. The van der Waals surface area contributed by atoms with Crippen molar-refractivity contribution in [3.63, 3.8) is 0 Å². The van der Waals surface area contributed by atoms with E-state index in [1.807, 2.05) is 48.5 Å². The molecular formula is C29H34FNO2. The zero-order valence-electron chi connectivity index (χ0n) is 20.0. The highest BCUT2D eigenvalue weighted by molar-refractivity contribution is 5.96. The summed E-state index contributed by atoms with van der Waals surface area (Å²) in [5, 5.41) is 3.40. The molecule has 0 aliphatic rings. The molecule has 0 saturated heterocycles. The highest BCUT2D eigenvalue weighted by Crippen LogP contribution is 2.28. The van der Waals surface area contributed by atoms with Crippen LogP contribution >= 0.6 is 0 Å². The molecule has 0 unspecified atom stereocenters. The smallest absolute Gasteiger partial charge is 0.165 e. The third-order valence-electron chi connectivity index (χ3n) is 5.70. The molecular weight excluding hydrogens is 413 g/mol. The third-order valence-corrected chi connectivity index (χ3v) is 5.70. The number of Topliss-reactive ketones (excluding diaryl/α,β-unsaturated/α-hetero) is 1. The van der Waals surface area contributed by atoms with Crippen molar-refractivity contribution < 1.29 is 13.9 Å². The van der Waals surface area contributed by atoms with Crippen LogP contribution in [-0.2, 0) is 5.41 Å². The van der Waals surface area contributed by atoms with Crippen molar-refractivity contribution in [2.24, 2.45) is 0 Å². The van der Waals surface area contributed by atoms with Gasteiger partial charge < -0.3 is 10.1 Å². The lowest BCUT2D eigenvalue weighted by atomic mass is 9.86. The van der Waals surface area contributed by atoms with E-state index in [4.69, 9.17) is 4.74 Å². The molecule has 3 nitrogen and oxygen atoms in total. The zero-order chi connectivity index (χ0) is 23.8. The monoisotopic (exact) mass is 447 g/mol. The van der Waals surface area contributed by atoms with Crippen molar-refractivity contribution in [2.45, 2.75) is 58.4 Å². The van der Waals surface area contributed by atoms with Crippen LogP contribution in [0.4, 0.5) is 10.1 Å².